The molecule has 1 rings (SSSR count). The van der Waals surface area contributed by atoms with Crippen LogP contribution in [0.3, 0.4) is 0 Å². The van der Waals surface area contributed by atoms with Gasteiger partial charge in [-0.15, -0.1) is 10.2 Å². The largest absolute Gasteiger partial charge is 0.481 e. The van der Waals surface area contributed by atoms with E-state index in [2.05, 4.69) is 28.7 Å². The highest BCUT2D eigenvalue weighted by Crippen LogP contribution is 2.25. The molecule has 0 spiro atoms. The van der Waals surface area contributed by atoms with Crippen molar-refractivity contribution in [3.05, 3.63) is 0 Å². The smallest absolute Gasteiger partial charge is 0.313 e. The molecule has 0 aliphatic carbocycles. The third-order valence-electron chi connectivity index (χ3n) is 1.85. The lowest BCUT2D eigenvalue weighted by atomic mass is 10.3. The van der Waals surface area contributed by atoms with E-state index in [-0.39, 0.29) is 5.75 Å². The SMILES string of the molecule is CSCCC(C)Nc1nnc(SCC(=O)O)s1. The maximum absolute atomic E-state index is 10.4. The zero-order valence-electron chi connectivity index (χ0n) is 9.67. The minimum absolute atomic E-state index is 0.0245. The van der Waals surface area contributed by atoms with Gasteiger partial charge in [0.25, 0.3) is 0 Å². The van der Waals surface area contributed by atoms with Crippen LogP contribution in [0.2, 0.25) is 0 Å². The van der Waals surface area contributed by atoms with Gasteiger partial charge < -0.3 is 10.4 Å². The quantitative estimate of drug-likeness (QED) is 0.712. The number of nitrogens with zero attached hydrogens (tertiary/aromatic N) is 2. The van der Waals surface area contributed by atoms with Gasteiger partial charge in [0.2, 0.25) is 5.13 Å². The molecule has 2 N–H and O–H groups in total. The molecule has 96 valence electrons. The van der Waals surface area contributed by atoms with Gasteiger partial charge in [-0.05, 0) is 25.4 Å². The average Bonchev–Trinajstić information content (AvgIpc) is 2.71. The number of thioether (sulfide) groups is 2. The van der Waals surface area contributed by atoms with Crippen molar-refractivity contribution in [3.63, 3.8) is 0 Å². The Morgan fingerprint density at radius 3 is 3.00 bits per heavy atom. The van der Waals surface area contributed by atoms with Crippen LogP contribution in [-0.2, 0) is 4.79 Å². The van der Waals surface area contributed by atoms with Crippen molar-refractivity contribution in [2.75, 3.05) is 23.1 Å². The van der Waals surface area contributed by atoms with Crippen LogP contribution in [0.5, 0.6) is 0 Å². The summed E-state index contributed by atoms with van der Waals surface area (Å²) in [6.45, 7) is 2.10. The molecule has 17 heavy (non-hydrogen) atoms. The van der Waals surface area contributed by atoms with E-state index in [1.54, 1.807) is 0 Å². The first-order chi connectivity index (χ1) is 8.11. The first-order valence-corrected chi connectivity index (χ1v) is 8.25. The molecular formula is C9H15N3O2S3. The average molecular weight is 293 g/mol. The molecule has 8 heteroatoms. The maximum Gasteiger partial charge on any atom is 0.313 e. The third kappa shape index (κ3) is 6.13. The number of hydrogen-bond acceptors (Lipinski definition) is 7. The minimum atomic E-state index is -0.840. The number of aromatic nitrogens is 2. The van der Waals surface area contributed by atoms with Crippen LogP contribution >= 0.6 is 34.9 Å². The van der Waals surface area contributed by atoms with Gasteiger partial charge in [-0.1, -0.05) is 23.1 Å². The van der Waals surface area contributed by atoms with Crippen LogP contribution in [0.1, 0.15) is 13.3 Å². The fourth-order valence-corrected chi connectivity index (χ4v) is 3.20. The van der Waals surface area contributed by atoms with Crippen LogP contribution < -0.4 is 5.32 Å². The minimum Gasteiger partial charge on any atom is -0.481 e. The molecule has 0 aromatic carbocycles. The van der Waals surface area contributed by atoms with E-state index in [1.807, 2.05) is 11.8 Å². The molecule has 0 amide bonds. The number of hydrogen-bond donors (Lipinski definition) is 2. The number of anilines is 1. The number of nitrogens with one attached hydrogen (secondary N) is 1. The lowest BCUT2D eigenvalue weighted by molar-refractivity contribution is -0.133. The molecule has 1 aromatic rings. The van der Waals surface area contributed by atoms with E-state index in [4.69, 9.17) is 5.11 Å². The molecule has 0 radical (unpaired) electrons. The van der Waals surface area contributed by atoms with Gasteiger partial charge in [0.05, 0.1) is 5.75 Å². The molecule has 0 fully saturated rings. The molecule has 0 bridgehead atoms. The Hall–Kier alpha value is -0.470. The van der Waals surface area contributed by atoms with Gasteiger partial charge in [0.1, 0.15) is 0 Å². The fraction of sp³-hybridized carbons (Fsp3) is 0.667. The summed E-state index contributed by atoms with van der Waals surface area (Å²) in [6, 6.07) is 0.354. The second-order valence-electron chi connectivity index (χ2n) is 3.38. The van der Waals surface area contributed by atoms with E-state index in [9.17, 15) is 4.79 Å². The Kier molecular flexibility index (Phi) is 6.68. The van der Waals surface area contributed by atoms with Gasteiger partial charge in [-0.3, -0.25) is 4.79 Å². The van der Waals surface area contributed by atoms with E-state index >= 15 is 0 Å². The Labute approximate surface area is 113 Å². The summed E-state index contributed by atoms with van der Waals surface area (Å²) < 4.78 is 0.687. The number of rotatable bonds is 8. The first-order valence-electron chi connectivity index (χ1n) is 5.05. The lowest BCUT2D eigenvalue weighted by Crippen LogP contribution is -2.15. The highest BCUT2D eigenvalue weighted by molar-refractivity contribution is 8.01. The Morgan fingerprint density at radius 2 is 2.35 bits per heavy atom. The van der Waals surface area contributed by atoms with Gasteiger partial charge in [0.15, 0.2) is 4.34 Å². The molecule has 1 unspecified atom stereocenters. The van der Waals surface area contributed by atoms with E-state index < -0.39 is 5.97 Å². The third-order valence-corrected chi connectivity index (χ3v) is 4.47. The van der Waals surface area contributed by atoms with Crippen LogP contribution in [0.4, 0.5) is 5.13 Å². The van der Waals surface area contributed by atoms with Crippen molar-refractivity contribution in [3.8, 4) is 0 Å². The van der Waals surface area contributed by atoms with Crippen molar-refractivity contribution < 1.29 is 9.90 Å². The van der Waals surface area contributed by atoms with Gasteiger partial charge >= 0.3 is 5.97 Å². The number of carboxylic acids is 1. The standard InChI is InChI=1S/C9H15N3O2S3/c1-6(3-4-15-2)10-8-11-12-9(17-8)16-5-7(13)14/h6H,3-5H2,1-2H3,(H,10,11)(H,13,14). The Morgan fingerprint density at radius 1 is 1.59 bits per heavy atom. The highest BCUT2D eigenvalue weighted by atomic mass is 32.2. The zero-order chi connectivity index (χ0) is 12.7. The molecule has 0 saturated carbocycles. The van der Waals surface area contributed by atoms with Crippen molar-refractivity contribution in [1.82, 2.24) is 10.2 Å². The summed E-state index contributed by atoms with van der Waals surface area (Å²) in [4.78, 5) is 10.4. The summed E-state index contributed by atoms with van der Waals surface area (Å²) in [7, 11) is 0. The molecule has 0 aliphatic heterocycles. The maximum atomic E-state index is 10.4. The lowest BCUT2D eigenvalue weighted by Gasteiger charge is -2.10. The summed E-state index contributed by atoms with van der Waals surface area (Å²) in [5.41, 5.74) is 0. The number of aliphatic carboxylic acids is 1. The molecule has 5 nitrogen and oxygen atoms in total. The summed E-state index contributed by atoms with van der Waals surface area (Å²) >= 11 is 4.41. The van der Waals surface area contributed by atoms with Crippen LogP contribution in [0.25, 0.3) is 0 Å². The van der Waals surface area contributed by atoms with Gasteiger partial charge in [-0.2, -0.15) is 11.8 Å². The monoisotopic (exact) mass is 293 g/mol. The van der Waals surface area contributed by atoms with Crippen molar-refractivity contribution in [2.45, 2.75) is 23.7 Å². The van der Waals surface area contributed by atoms with Crippen molar-refractivity contribution in [1.29, 1.82) is 0 Å². The van der Waals surface area contributed by atoms with Crippen LogP contribution in [0, 0.1) is 0 Å². The molecular weight excluding hydrogens is 278 g/mol. The van der Waals surface area contributed by atoms with E-state index in [1.165, 1.54) is 23.1 Å². The second-order valence-corrected chi connectivity index (χ2v) is 6.57. The first kappa shape index (κ1) is 14.6. The predicted octanol–water partition coefficient (Wildman–Crippen LogP) is 2.27. The molecule has 0 aliphatic rings. The number of carboxylic acid groups (broad SMARTS) is 1. The Bertz CT molecular complexity index is 359. The molecule has 1 heterocycles. The highest BCUT2D eigenvalue weighted by Gasteiger charge is 2.09. The van der Waals surface area contributed by atoms with Gasteiger partial charge in [0, 0.05) is 6.04 Å². The molecule has 1 atom stereocenters. The summed E-state index contributed by atoms with van der Waals surface area (Å²) in [5.74, 6) is 0.289. The molecule has 1 aromatic heterocycles. The number of carbonyl (C=O) groups is 1. The van der Waals surface area contributed by atoms with Gasteiger partial charge in [-0.25, -0.2) is 0 Å². The second kappa shape index (κ2) is 7.78. The summed E-state index contributed by atoms with van der Waals surface area (Å²) in [6.07, 6.45) is 3.15. The molecule has 0 saturated heterocycles. The fourth-order valence-electron chi connectivity index (χ4n) is 1.03. The van der Waals surface area contributed by atoms with Crippen LogP contribution in [0.15, 0.2) is 4.34 Å². The summed E-state index contributed by atoms with van der Waals surface area (Å²) in [5, 5.41) is 20.5. The van der Waals surface area contributed by atoms with E-state index in [0.29, 0.717) is 10.4 Å². The Balaban J connectivity index is 2.37. The predicted molar refractivity (Wildman–Crippen MR) is 74.4 cm³/mol. The normalized spacial score (nSPS) is 12.4. The zero-order valence-corrected chi connectivity index (χ0v) is 12.1. The van der Waals surface area contributed by atoms with Crippen molar-refractivity contribution in [2.24, 2.45) is 0 Å². The van der Waals surface area contributed by atoms with E-state index in [0.717, 1.165) is 17.3 Å². The topological polar surface area (TPSA) is 75.1 Å². The van der Waals surface area contributed by atoms with Crippen molar-refractivity contribution >= 4 is 46.0 Å². The van der Waals surface area contributed by atoms with Crippen LogP contribution in [-0.4, -0.2) is 45.1 Å².